The maximum Gasteiger partial charge on any atom is 0.261 e. The summed E-state index contributed by atoms with van der Waals surface area (Å²) >= 11 is 0. The summed E-state index contributed by atoms with van der Waals surface area (Å²) in [5.41, 5.74) is 9.13. The van der Waals surface area contributed by atoms with Gasteiger partial charge in [0.2, 0.25) is 0 Å². The highest BCUT2D eigenvalue weighted by Gasteiger charge is 2.25. The lowest BCUT2D eigenvalue weighted by Crippen LogP contribution is -2.41. The first-order valence-corrected chi connectivity index (χ1v) is 12.7. The van der Waals surface area contributed by atoms with E-state index < -0.39 is 10.0 Å². The van der Waals surface area contributed by atoms with Crippen LogP contribution in [-0.2, 0) is 16.4 Å². The summed E-state index contributed by atoms with van der Waals surface area (Å²) in [4.78, 5) is 3.55. The number of benzene rings is 3. The minimum atomic E-state index is -3.71. The molecule has 4 aromatic rings. The first-order valence-electron chi connectivity index (χ1n) is 11.2. The van der Waals surface area contributed by atoms with Crippen molar-refractivity contribution in [1.29, 1.82) is 0 Å². The van der Waals surface area contributed by atoms with E-state index in [1.54, 1.807) is 18.2 Å². The van der Waals surface area contributed by atoms with Crippen LogP contribution in [0.15, 0.2) is 71.8 Å². The van der Waals surface area contributed by atoms with Gasteiger partial charge in [0.05, 0.1) is 4.90 Å². The molecule has 0 spiro atoms. The normalized spacial score (nSPS) is 12.5. The molecule has 4 rings (SSSR count). The van der Waals surface area contributed by atoms with Crippen LogP contribution in [0.2, 0.25) is 0 Å². The Morgan fingerprint density at radius 1 is 0.938 bits per heavy atom. The van der Waals surface area contributed by atoms with Crippen LogP contribution in [0.1, 0.15) is 45.1 Å². The zero-order valence-corrected chi connectivity index (χ0v) is 19.5. The van der Waals surface area contributed by atoms with Gasteiger partial charge in [0.15, 0.2) is 0 Å². The maximum atomic E-state index is 13.1. The van der Waals surface area contributed by atoms with Crippen molar-refractivity contribution in [1.82, 2.24) is 4.98 Å². The quantitative estimate of drug-likeness (QED) is 0.294. The zero-order chi connectivity index (χ0) is 22.8. The Kier molecular flexibility index (Phi) is 6.26. The van der Waals surface area contributed by atoms with Crippen LogP contribution in [0.5, 0.6) is 0 Å². The monoisotopic (exact) mass is 449 g/mol. The number of nitrogens with one attached hydrogen (secondary N) is 2. The molecule has 1 heterocycles. The number of aromatic amines is 1. The summed E-state index contributed by atoms with van der Waals surface area (Å²) in [6.07, 6.45) is 6.75. The smallest absolute Gasteiger partial charge is 0.261 e. The van der Waals surface area contributed by atoms with Crippen LogP contribution in [-0.4, -0.2) is 18.9 Å². The maximum absolute atomic E-state index is 13.1. The van der Waals surface area contributed by atoms with Gasteiger partial charge in [-0.15, -0.1) is 0 Å². The van der Waals surface area contributed by atoms with Gasteiger partial charge in [-0.3, -0.25) is 4.72 Å². The molecule has 0 amide bonds. The fraction of sp³-hybridized carbons (Fsp3) is 0.308. The van der Waals surface area contributed by atoms with Crippen LogP contribution in [0.3, 0.4) is 0 Å². The molecule has 3 aromatic carbocycles. The topological polar surface area (TPSA) is 88.0 Å². The average molecular weight is 450 g/mol. The summed E-state index contributed by atoms with van der Waals surface area (Å²) in [5.74, 6) is 0. The van der Waals surface area contributed by atoms with Gasteiger partial charge < -0.3 is 10.7 Å². The van der Waals surface area contributed by atoms with Gasteiger partial charge in [-0.05, 0) is 65.9 Å². The van der Waals surface area contributed by atoms with E-state index in [4.69, 9.17) is 5.73 Å². The third-order valence-electron chi connectivity index (χ3n) is 6.09. The molecule has 0 aliphatic heterocycles. The standard InChI is InChI=1S/C26H31N3O2S/c1-3-13-26(27,14-4-2)17-21-18-28-25-12-10-22(16-24(21)25)29-32(30,31)23-11-9-19-7-5-6-8-20(19)15-23/h5-12,15-16,18,28-29H,3-4,13-14,17,27H2,1-2H3. The lowest BCUT2D eigenvalue weighted by molar-refractivity contribution is 0.356. The molecule has 0 bridgehead atoms. The van der Waals surface area contributed by atoms with Crippen molar-refractivity contribution in [2.45, 2.75) is 56.4 Å². The second kappa shape index (κ2) is 8.96. The number of fused-ring (bicyclic) bond motifs is 2. The average Bonchev–Trinajstić information content (AvgIpc) is 3.15. The van der Waals surface area contributed by atoms with Crippen molar-refractivity contribution in [2.24, 2.45) is 5.73 Å². The number of nitrogens with two attached hydrogens (primary N) is 1. The molecule has 4 N–H and O–H groups in total. The van der Waals surface area contributed by atoms with Gasteiger partial charge >= 0.3 is 0 Å². The Hall–Kier alpha value is -2.83. The van der Waals surface area contributed by atoms with Crippen molar-refractivity contribution in [3.63, 3.8) is 0 Å². The van der Waals surface area contributed by atoms with Gasteiger partial charge in [0, 0.05) is 28.3 Å². The fourth-order valence-electron chi connectivity index (χ4n) is 4.61. The van der Waals surface area contributed by atoms with Crippen LogP contribution in [0, 0.1) is 0 Å². The van der Waals surface area contributed by atoms with E-state index in [-0.39, 0.29) is 10.4 Å². The molecular weight excluding hydrogens is 418 g/mol. The number of aromatic nitrogens is 1. The number of hydrogen-bond donors (Lipinski definition) is 3. The van der Waals surface area contributed by atoms with Crippen LogP contribution in [0.4, 0.5) is 5.69 Å². The second-order valence-corrected chi connectivity index (χ2v) is 10.4. The predicted molar refractivity (Wildman–Crippen MR) is 133 cm³/mol. The van der Waals surface area contributed by atoms with E-state index >= 15 is 0 Å². The summed E-state index contributed by atoms with van der Waals surface area (Å²) in [6.45, 7) is 4.32. The number of rotatable bonds is 9. The lowest BCUT2D eigenvalue weighted by atomic mass is 9.83. The van der Waals surface area contributed by atoms with Gasteiger partial charge in [-0.1, -0.05) is 57.0 Å². The van der Waals surface area contributed by atoms with Gasteiger partial charge in [0.1, 0.15) is 0 Å². The number of H-pyrrole nitrogens is 1. The van der Waals surface area contributed by atoms with E-state index in [2.05, 4.69) is 23.6 Å². The largest absolute Gasteiger partial charge is 0.361 e. The SMILES string of the molecule is CCCC(N)(CCC)Cc1c[nH]c2ccc(NS(=O)(=O)c3ccc4ccccc4c3)cc12. The van der Waals surface area contributed by atoms with E-state index in [0.717, 1.165) is 59.3 Å². The molecule has 32 heavy (non-hydrogen) atoms. The van der Waals surface area contributed by atoms with Gasteiger partial charge in [0.25, 0.3) is 10.0 Å². The Labute approximate surface area is 190 Å². The highest BCUT2D eigenvalue weighted by atomic mass is 32.2. The van der Waals surface area contributed by atoms with Crippen molar-refractivity contribution >= 4 is 37.4 Å². The third kappa shape index (κ3) is 4.66. The van der Waals surface area contributed by atoms with Crippen molar-refractivity contribution < 1.29 is 8.42 Å². The molecule has 1 aromatic heterocycles. The first-order chi connectivity index (χ1) is 15.3. The number of hydrogen-bond acceptors (Lipinski definition) is 3. The summed E-state index contributed by atoms with van der Waals surface area (Å²) in [6, 6.07) is 18.5. The minimum Gasteiger partial charge on any atom is -0.361 e. The van der Waals surface area contributed by atoms with Crippen LogP contribution in [0.25, 0.3) is 21.7 Å². The molecular formula is C26H31N3O2S. The molecule has 0 fully saturated rings. The fourth-order valence-corrected chi connectivity index (χ4v) is 5.70. The van der Waals surface area contributed by atoms with Crippen molar-refractivity contribution in [2.75, 3.05) is 4.72 Å². The van der Waals surface area contributed by atoms with Crippen molar-refractivity contribution in [3.8, 4) is 0 Å². The third-order valence-corrected chi connectivity index (χ3v) is 7.47. The van der Waals surface area contributed by atoms with E-state index in [1.807, 2.05) is 48.7 Å². The van der Waals surface area contributed by atoms with E-state index in [0.29, 0.717) is 5.69 Å². The molecule has 5 nitrogen and oxygen atoms in total. The second-order valence-electron chi connectivity index (χ2n) is 8.73. The molecule has 0 saturated carbocycles. The molecule has 0 atom stereocenters. The van der Waals surface area contributed by atoms with Crippen LogP contribution >= 0.6 is 0 Å². The number of sulfonamides is 1. The summed E-state index contributed by atoms with van der Waals surface area (Å²) < 4.78 is 28.9. The summed E-state index contributed by atoms with van der Waals surface area (Å²) in [5, 5.41) is 2.91. The van der Waals surface area contributed by atoms with Crippen LogP contribution < -0.4 is 10.5 Å². The Bertz CT molecular complexity index is 1340. The Morgan fingerprint density at radius 3 is 2.38 bits per heavy atom. The van der Waals surface area contributed by atoms with Gasteiger partial charge in [-0.25, -0.2) is 8.42 Å². The summed E-state index contributed by atoms with van der Waals surface area (Å²) in [7, 11) is -3.71. The molecule has 168 valence electrons. The molecule has 6 heteroatoms. The van der Waals surface area contributed by atoms with Gasteiger partial charge in [-0.2, -0.15) is 0 Å². The Morgan fingerprint density at radius 2 is 1.66 bits per heavy atom. The van der Waals surface area contributed by atoms with Crippen molar-refractivity contribution in [3.05, 3.63) is 72.4 Å². The molecule has 0 radical (unpaired) electrons. The van der Waals surface area contributed by atoms with E-state index in [1.165, 1.54) is 0 Å². The number of anilines is 1. The molecule has 0 saturated heterocycles. The Balaban J connectivity index is 1.63. The predicted octanol–water partition coefficient (Wildman–Crippen LogP) is 5.96. The highest BCUT2D eigenvalue weighted by Crippen LogP contribution is 2.29. The highest BCUT2D eigenvalue weighted by molar-refractivity contribution is 7.92. The van der Waals surface area contributed by atoms with E-state index in [9.17, 15) is 8.42 Å². The molecule has 0 unspecified atom stereocenters. The lowest BCUT2D eigenvalue weighted by Gasteiger charge is -2.29. The molecule has 0 aliphatic carbocycles. The molecule has 0 aliphatic rings. The zero-order valence-electron chi connectivity index (χ0n) is 18.7. The first kappa shape index (κ1) is 22.4. The minimum absolute atomic E-state index is 0.248.